The van der Waals surface area contributed by atoms with Crippen LogP contribution in [0.5, 0.6) is 5.75 Å². The summed E-state index contributed by atoms with van der Waals surface area (Å²) < 4.78 is 18.8. The number of hydrogen-bond donors (Lipinski definition) is 1. The molecule has 0 aliphatic rings. The van der Waals surface area contributed by atoms with Crippen LogP contribution in [0.25, 0.3) is 0 Å². The standard InChI is InChI=1S/C16H15FN2O/c1-11(19)13-3-2-4-15(8-13)20-10-12-5-6-16(17)14(7-12)9-18/h2-8,11H,10,19H2,1H3. The Hall–Kier alpha value is -2.38. The molecule has 1 unspecified atom stereocenters. The number of halogens is 1. The van der Waals surface area contributed by atoms with E-state index in [0.717, 1.165) is 11.1 Å². The Balaban J connectivity index is 2.09. The molecule has 1 atom stereocenters. The summed E-state index contributed by atoms with van der Waals surface area (Å²) in [4.78, 5) is 0. The maximum Gasteiger partial charge on any atom is 0.140 e. The Morgan fingerprint density at radius 1 is 1.30 bits per heavy atom. The van der Waals surface area contributed by atoms with Crippen LogP contribution in [0, 0.1) is 17.1 Å². The molecule has 0 aliphatic heterocycles. The minimum absolute atomic E-state index is 0.0235. The highest BCUT2D eigenvalue weighted by molar-refractivity contribution is 5.35. The van der Waals surface area contributed by atoms with Gasteiger partial charge in [-0.2, -0.15) is 5.26 Å². The normalized spacial score (nSPS) is 11.7. The van der Waals surface area contributed by atoms with Gasteiger partial charge in [0.05, 0.1) is 5.56 Å². The van der Waals surface area contributed by atoms with Gasteiger partial charge in [-0.25, -0.2) is 4.39 Å². The third kappa shape index (κ3) is 3.34. The van der Waals surface area contributed by atoms with Crippen molar-refractivity contribution in [3.05, 3.63) is 65.0 Å². The van der Waals surface area contributed by atoms with Gasteiger partial charge in [0.15, 0.2) is 0 Å². The van der Waals surface area contributed by atoms with Crippen LogP contribution in [0.15, 0.2) is 42.5 Å². The minimum atomic E-state index is -0.518. The van der Waals surface area contributed by atoms with Crippen molar-refractivity contribution < 1.29 is 9.13 Å². The molecule has 0 radical (unpaired) electrons. The van der Waals surface area contributed by atoms with Gasteiger partial charge in [-0.3, -0.25) is 0 Å². The van der Waals surface area contributed by atoms with Crippen molar-refractivity contribution in [1.82, 2.24) is 0 Å². The highest BCUT2D eigenvalue weighted by Crippen LogP contribution is 2.19. The van der Waals surface area contributed by atoms with E-state index in [1.807, 2.05) is 37.3 Å². The lowest BCUT2D eigenvalue weighted by Gasteiger charge is -2.10. The van der Waals surface area contributed by atoms with Crippen LogP contribution >= 0.6 is 0 Å². The predicted molar refractivity (Wildman–Crippen MR) is 74.5 cm³/mol. The summed E-state index contributed by atoms with van der Waals surface area (Å²) in [5.74, 6) is 0.179. The van der Waals surface area contributed by atoms with Crippen LogP contribution in [0.3, 0.4) is 0 Å². The number of ether oxygens (including phenoxy) is 1. The number of hydrogen-bond acceptors (Lipinski definition) is 3. The Kier molecular flexibility index (Phi) is 4.34. The lowest BCUT2D eigenvalue weighted by Crippen LogP contribution is -2.05. The summed E-state index contributed by atoms with van der Waals surface area (Å²) in [6.07, 6.45) is 0. The van der Waals surface area contributed by atoms with Crippen LogP contribution < -0.4 is 10.5 Å². The van der Waals surface area contributed by atoms with E-state index in [2.05, 4.69) is 0 Å². The number of nitriles is 1. The summed E-state index contributed by atoms with van der Waals surface area (Å²) in [6.45, 7) is 2.18. The van der Waals surface area contributed by atoms with E-state index in [0.29, 0.717) is 5.75 Å². The number of nitrogens with zero attached hydrogens (tertiary/aromatic N) is 1. The van der Waals surface area contributed by atoms with Gasteiger partial charge in [0.25, 0.3) is 0 Å². The zero-order valence-electron chi connectivity index (χ0n) is 11.1. The molecule has 2 aromatic rings. The van der Waals surface area contributed by atoms with Crippen molar-refractivity contribution in [2.24, 2.45) is 5.73 Å². The van der Waals surface area contributed by atoms with Crippen molar-refractivity contribution in [2.45, 2.75) is 19.6 Å². The quantitative estimate of drug-likeness (QED) is 0.927. The molecule has 0 aliphatic carbocycles. The topological polar surface area (TPSA) is 59.0 Å². The van der Waals surface area contributed by atoms with E-state index >= 15 is 0 Å². The van der Waals surface area contributed by atoms with Crippen LogP contribution in [0.2, 0.25) is 0 Å². The van der Waals surface area contributed by atoms with Gasteiger partial charge >= 0.3 is 0 Å². The molecule has 0 spiro atoms. The molecule has 3 nitrogen and oxygen atoms in total. The zero-order chi connectivity index (χ0) is 14.5. The van der Waals surface area contributed by atoms with Gasteiger partial charge in [-0.05, 0) is 42.3 Å². The third-order valence-corrected chi connectivity index (χ3v) is 2.94. The van der Waals surface area contributed by atoms with E-state index in [4.69, 9.17) is 15.7 Å². The lowest BCUT2D eigenvalue weighted by atomic mass is 10.1. The second-order valence-electron chi connectivity index (χ2n) is 4.58. The molecule has 2 rings (SSSR count). The van der Waals surface area contributed by atoms with Gasteiger partial charge in [0.1, 0.15) is 24.2 Å². The molecular weight excluding hydrogens is 255 g/mol. The van der Waals surface area contributed by atoms with E-state index in [9.17, 15) is 4.39 Å². The third-order valence-electron chi connectivity index (χ3n) is 2.94. The maximum absolute atomic E-state index is 13.2. The first kappa shape index (κ1) is 14.0. The fraction of sp³-hybridized carbons (Fsp3) is 0.188. The van der Waals surface area contributed by atoms with Crippen molar-refractivity contribution in [1.29, 1.82) is 5.26 Å². The van der Waals surface area contributed by atoms with E-state index in [-0.39, 0.29) is 18.2 Å². The predicted octanol–water partition coefficient (Wildman–Crippen LogP) is 3.30. The van der Waals surface area contributed by atoms with Crippen molar-refractivity contribution in [3.63, 3.8) is 0 Å². The molecular formula is C16H15FN2O. The molecule has 0 heterocycles. The second kappa shape index (κ2) is 6.18. The first-order valence-corrected chi connectivity index (χ1v) is 6.27. The highest BCUT2D eigenvalue weighted by Gasteiger charge is 2.05. The Bertz CT molecular complexity index is 647. The average Bonchev–Trinajstić information content (AvgIpc) is 2.46. The Morgan fingerprint density at radius 3 is 2.80 bits per heavy atom. The molecule has 2 N–H and O–H groups in total. The largest absolute Gasteiger partial charge is 0.489 e. The molecule has 0 saturated carbocycles. The Labute approximate surface area is 117 Å². The SMILES string of the molecule is CC(N)c1cccc(OCc2ccc(F)c(C#N)c2)c1. The first-order valence-electron chi connectivity index (χ1n) is 6.27. The molecule has 20 heavy (non-hydrogen) atoms. The summed E-state index contributed by atoms with van der Waals surface area (Å²) in [5, 5.41) is 8.78. The van der Waals surface area contributed by atoms with Crippen molar-refractivity contribution in [3.8, 4) is 11.8 Å². The van der Waals surface area contributed by atoms with Gasteiger partial charge in [0.2, 0.25) is 0 Å². The molecule has 102 valence electrons. The van der Waals surface area contributed by atoms with Crippen molar-refractivity contribution in [2.75, 3.05) is 0 Å². The minimum Gasteiger partial charge on any atom is -0.489 e. The van der Waals surface area contributed by atoms with Crippen LogP contribution in [0.4, 0.5) is 4.39 Å². The zero-order valence-corrected chi connectivity index (χ0v) is 11.1. The monoisotopic (exact) mass is 270 g/mol. The molecule has 4 heteroatoms. The van der Waals surface area contributed by atoms with Gasteiger partial charge in [0, 0.05) is 6.04 Å². The first-order chi connectivity index (χ1) is 9.60. The molecule has 0 aromatic heterocycles. The number of nitrogens with two attached hydrogens (primary N) is 1. The second-order valence-corrected chi connectivity index (χ2v) is 4.58. The molecule has 2 aromatic carbocycles. The van der Waals surface area contributed by atoms with Crippen LogP contribution in [-0.2, 0) is 6.61 Å². The summed E-state index contributed by atoms with van der Waals surface area (Å²) in [7, 11) is 0. The number of benzene rings is 2. The summed E-state index contributed by atoms with van der Waals surface area (Å²) >= 11 is 0. The average molecular weight is 270 g/mol. The van der Waals surface area contributed by atoms with Gasteiger partial charge in [-0.15, -0.1) is 0 Å². The van der Waals surface area contributed by atoms with Gasteiger partial charge < -0.3 is 10.5 Å². The Morgan fingerprint density at radius 2 is 2.10 bits per heavy atom. The highest BCUT2D eigenvalue weighted by atomic mass is 19.1. The molecule has 0 bridgehead atoms. The fourth-order valence-corrected chi connectivity index (χ4v) is 1.80. The molecule has 0 fully saturated rings. The summed E-state index contributed by atoms with van der Waals surface area (Å²) in [5.41, 5.74) is 7.56. The fourth-order valence-electron chi connectivity index (χ4n) is 1.80. The smallest absolute Gasteiger partial charge is 0.140 e. The molecule has 0 amide bonds. The van der Waals surface area contributed by atoms with Gasteiger partial charge in [-0.1, -0.05) is 18.2 Å². The number of rotatable bonds is 4. The molecule has 0 saturated heterocycles. The van der Waals surface area contributed by atoms with E-state index in [1.54, 1.807) is 6.07 Å². The summed E-state index contributed by atoms with van der Waals surface area (Å²) in [6, 6.07) is 13.6. The van der Waals surface area contributed by atoms with Crippen LogP contribution in [-0.4, -0.2) is 0 Å². The maximum atomic E-state index is 13.2. The van der Waals surface area contributed by atoms with Crippen molar-refractivity contribution >= 4 is 0 Å². The van der Waals surface area contributed by atoms with E-state index < -0.39 is 5.82 Å². The van der Waals surface area contributed by atoms with Crippen LogP contribution in [0.1, 0.15) is 29.7 Å². The van der Waals surface area contributed by atoms with E-state index in [1.165, 1.54) is 12.1 Å². The lowest BCUT2D eigenvalue weighted by molar-refractivity contribution is 0.305.